The first kappa shape index (κ1) is 18.3. The molecule has 3 saturated carbocycles. The molecule has 0 atom stereocenters. The van der Waals surface area contributed by atoms with Gasteiger partial charge in [-0.15, -0.1) is 0 Å². The Kier molecular flexibility index (Phi) is 7.55. The second-order valence-corrected chi connectivity index (χ2v) is 13.6. The van der Waals surface area contributed by atoms with Crippen LogP contribution in [0.25, 0.3) is 0 Å². The van der Waals surface area contributed by atoms with Gasteiger partial charge in [-0.25, -0.2) is 0 Å². The standard InChI is InChI=1S/C19H37P.Ni/c1-20(17-11-5-2-6-12-17,18-13-7-3-8-14-18)19-15-9-4-10-16-19;/h17-20H,2-16H2,1H3;. The second kappa shape index (κ2) is 8.69. The Morgan fingerprint density at radius 2 is 0.714 bits per heavy atom. The SMILES string of the molecule is C[PH](C1CCCCC1)(C1CCCCC1)C1CCCCC1.[Ni]. The van der Waals surface area contributed by atoms with Gasteiger partial charge >= 0.3 is 127 Å². The molecule has 3 fully saturated rings. The number of hydrogen-bond acceptors (Lipinski definition) is 0. The molecule has 0 heterocycles. The van der Waals surface area contributed by atoms with E-state index in [9.17, 15) is 0 Å². The third-order valence-corrected chi connectivity index (χ3v) is 14.5. The van der Waals surface area contributed by atoms with Crippen molar-refractivity contribution in [3.05, 3.63) is 0 Å². The zero-order chi connectivity index (χ0) is 13.8. The summed E-state index contributed by atoms with van der Waals surface area (Å²) in [5.41, 5.74) is 3.63. The Morgan fingerprint density at radius 3 is 0.952 bits per heavy atom. The summed E-state index contributed by atoms with van der Waals surface area (Å²) in [4.78, 5) is 0. The summed E-state index contributed by atoms with van der Waals surface area (Å²) in [5.74, 6) is 0. The van der Waals surface area contributed by atoms with Crippen LogP contribution in [-0.2, 0) is 16.5 Å². The Labute approximate surface area is 143 Å². The normalized spacial score (nSPS) is 28.0. The maximum Gasteiger partial charge on any atom is 0 e. The zero-order valence-electron chi connectivity index (χ0n) is 14.2. The van der Waals surface area contributed by atoms with Gasteiger partial charge in [0.25, 0.3) is 0 Å². The minimum absolute atomic E-state index is 0. The average Bonchev–Trinajstić information content (AvgIpc) is 2.56. The Bertz CT molecular complexity index is 240. The molecule has 0 unspecified atom stereocenters. The van der Waals surface area contributed by atoms with Crippen molar-refractivity contribution in [2.45, 2.75) is 113 Å². The van der Waals surface area contributed by atoms with Crippen LogP contribution in [-0.4, -0.2) is 23.6 Å². The molecule has 0 aromatic rings. The van der Waals surface area contributed by atoms with Gasteiger partial charge in [0.1, 0.15) is 0 Å². The molecule has 128 valence electrons. The first-order valence-electron chi connectivity index (χ1n) is 9.82. The van der Waals surface area contributed by atoms with Crippen molar-refractivity contribution >= 4 is 7.26 Å². The number of hydrogen-bond donors (Lipinski definition) is 0. The Hall–Kier alpha value is 0.924. The van der Waals surface area contributed by atoms with E-state index in [1.54, 1.807) is 77.0 Å². The van der Waals surface area contributed by atoms with Crippen molar-refractivity contribution in [2.24, 2.45) is 0 Å². The summed E-state index contributed by atoms with van der Waals surface area (Å²) in [6, 6.07) is 0. The largest absolute Gasteiger partial charge is 0 e. The smallest absolute Gasteiger partial charge is 0 e. The van der Waals surface area contributed by atoms with Crippen LogP contribution in [0, 0.1) is 0 Å². The van der Waals surface area contributed by atoms with Crippen molar-refractivity contribution in [1.82, 2.24) is 0 Å². The van der Waals surface area contributed by atoms with Crippen LogP contribution in [0.4, 0.5) is 0 Å². The molecule has 0 aromatic carbocycles. The molecule has 2 heteroatoms. The Balaban J connectivity index is 0.00000161. The molecule has 0 bridgehead atoms. The molecule has 0 aromatic heterocycles. The number of rotatable bonds is 3. The van der Waals surface area contributed by atoms with E-state index in [1.807, 2.05) is 0 Å². The van der Waals surface area contributed by atoms with E-state index in [1.165, 1.54) is 36.2 Å². The van der Waals surface area contributed by atoms with Gasteiger partial charge in [0, 0.05) is 16.5 Å². The van der Waals surface area contributed by atoms with Crippen LogP contribution in [0.2, 0.25) is 0 Å². The van der Waals surface area contributed by atoms with E-state index >= 15 is 0 Å². The quantitative estimate of drug-likeness (QED) is 0.408. The topological polar surface area (TPSA) is 0 Å². The molecule has 3 rings (SSSR count). The van der Waals surface area contributed by atoms with Crippen molar-refractivity contribution in [2.75, 3.05) is 6.66 Å². The summed E-state index contributed by atoms with van der Waals surface area (Å²) in [5, 5.41) is 0. The van der Waals surface area contributed by atoms with Crippen LogP contribution in [0.1, 0.15) is 96.3 Å². The predicted molar refractivity (Wildman–Crippen MR) is 94.9 cm³/mol. The average molecular weight is 355 g/mol. The van der Waals surface area contributed by atoms with Crippen molar-refractivity contribution in [1.29, 1.82) is 0 Å². The fourth-order valence-corrected chi connectivity index (χ4v) is 13.1. The molecule has 0 amide bonds. The summed E-state index contributed by atoms with van der Waals surface area (Å²) < 4.78 is 0. The maximum absolute atomic E-state index is 2.90. The minimum atomic E-state index is -1.05. The summed E-state index contributed by atoms with van der Waals surface area (Å²) in [6.07, 6.45) is 23.7. The molecule has 0 spiro atoms. The van der Waals surface area contributed by atoms with Gasteiger partial charge in [0.15, 0.2) is 0 Å². The molecule has 0 saturated heterocycles. The predicted octanol–water partition coefficient (Wildman–Crippen LogP) is 6.36. The van der Waals surface area contributed by atoms with E-state index < -0.39 is 7.26 Å². The fourth-order valence-electron chi connectivity index (χ4n) is 6.17. The van der Waals surface area contributed by atoms with Crippen LogP contribution in [0.5, 0.6) is 0 Å². The summed E-state index contributed by atoms with van der Waals surface area (Å²) in [6.45, 7) is 2.90. The molecule has 21 heavy (non-hydrogen) atoms. The molecule has 0 aliphatic heterocycles. The molecule has 0 radical (unpaired) electrons. The van der Waals surface area contributed by atoms with Gasteiger partial charge < -0.3 is 0 Å². The summed E-state index contributed by atoms with van der Waals surface area (Å²) >= 11 is 0. The minimum Gasteiger partial charge on any atom is 0 e. The van der Waals surface area contributed by atoms with Gasteiger partial charge in [-0.1, -0.05) is 0 Å². The Morgan fingerprint density at radius 1 is 0.476 bits per heavy atom. The first-order valence-corrected chi connectivity index (χ1v) is 12.5. The van der Waals surface area contributed by atoms with Crippen molar-refractivity contribution in [3.63, 3.8) is 0 Å². The van der Waals surface area contributed by atoms with Crippen molar-refractivity contribution < 1.29 is 16.5 Å². The third kappa shape index (κ3) is 4.07. The van der Waals surface area contributed by atoms with Crippen molar-refractivity contribution in [3.8, 4) is 0 Å². The molecule has 3 aliphatic carbocycles. The van der Waals surface area contributed by atoms with Gasteiger partial charge in [-0.05, 0) is 0 Å². The second-order valence-electron chi connectivity index (χ2n) is 8.37. The van der Waals surface area contributed by atoms with E-state index in [0.717, 1.165) is 0 Å². The maximum atomic E-state index is 2.90. The van der Waals surface area contributed by atoms with E-state index in [2.05, 4.69) is 6.66 Å². The third-order valence-electron chi connectivity index (χ3n) is 7.45. The van der Waals surface area contributed by atoms with Gasteiger partial charge in [0.05, 0.1) is 0 Å². The van der Waals surface area contributed by atoms with Crippen LogP contribution >= 0.6 is 7.26 Å². The molecule has 3 aliphatic rings. The molecular weight excluding hydrogens is 318 g/mol. The van der Waals surface area contributed by atoms with E-state index in [0.29, 0.717) is 0 Å². The zero-order valence-corrected chi connectivity index (χ0v) is 16.1. The molecule has 0 nitrogen and oxygen atoms in total. The molecular formula is C19H37NiP. The molecule has 0 N–H and O–H groups in total. The van der Waals surface area contributed by atoms with Gasteiger partial charge in [0.2, 0.25) is 0 Å². The summed E-state index contributed by atoms with van der Waals surface area (Å²) in [7, 11) is -1.05. The van der Waals surface area contributed by atoms with Crippen LogP contribution in [0.15, 0.2) is 0 Å². The monoisotopic (exact) mass is 354 g/mol. The fraction of sp³-hybridized carbons (Fsp3) is 1.00. The van der Waals surface area contributed by atoms with Crippen LogP contribution in [0.3, 0.4) is 0 Å². The van der Waals surface area contributed by atoms with Crippen LogP contribution < -0.4 is 0 Å². The van der Waals surface area contributed by atoms with E-state index in [4.69, 9.17) is 0 Å². The van der Waals surface area contributed by atoms with E-state index in [-0.39, 0.29) is 16.5 Å². The van der Waals surface area contributed by atoms with Gasteiger partial charge in [-0.3, -0.25) is 0 Å². The van der Waals surface area contributed by atoms with Gasteiger partial charge in [-0.2, -0.15) is 0 Å². The first-order chi connectivity index (χ1) is 9.82.